The Hall–Kier alpha value is -1.39. The van der Waals surface area contributed by atoms with Gasteiger partial charge in [0.25, 0.3) is 0 Å². The SMILES string of the molecule is Nc1cnccc1OC(F)F. The van der Waals surface area contributed by atoms with Crippen LogP contribution >= 0.6 is 0 Å². The van der Waals surface area contributed by atoms with Crippen LogP contribution in [-0.4, -0.2) is 11.6 Å². The molecule has 0 spiro atoms. The fourth-order valence-electron chi connectivity index (χ4n) is 0.597. The van der Waals surface area contributed by atoms with Crippen molar-refractivity contribution in [1.82, 2.24) is 4.98 Å². The fraction of sp³-hybridized carbons (Fsp3) is 0.167. The molecule has 0 amide bonds. The Morgan fingerprint density at radius 3 is 2.82 bits per heavy atom. The van der Waals surface area contributed by atoms with E-state index in [0.717, 1.165) is 0 Å². The van der Waals surface area contributed by atoms with Crippen LogP contribution in [0.4, 0.5) is 14.5 Å². The molecule has 0 fully saturated rings. The minimum Gasteiger partial charge on any atom is -0.433 e. The number of ether oxygens (including phenoxy) is 1. The van der Waals surface area contributed by atoms with Gasteiger partial charge in [-0.2, -0.15) is 8.78 Å². The van der Waals surface area contributed by atoms with Gasteiger partial charge in [0.05, 0.1) is 11.9 Å². The van der Waals surface area contributed by atoms with Gasteiger partial charge in [0, 0.05) is 12.3 Å². The summed E-state index contributed by atoms with van der Waals surface area (Å²) >= 11 is 0. The van der Waals surface area contributed by atoms with Gasteiger partial charge in [-0.05, 0) is 0 Å². The standard InChI is InChI=1S/C6H6F2N2O/c7-6(8)11-5-1-2-10-3-4(5)9/h1-3,6H,9H2. The van der Waals surface area contributed by atoms with Crippen molar-refractivity contribution in [2.45, 2.75) is 6.61 Å². The Labute approximate surface area is 61.8 Å². The molecule has 0 aliphatic rings. The van der Waals surface area contributed by atoms with Crippen LogP contribution in [0, 0.1) is 0 Å². The van der Waals surface area contributed by atoms with Gasteiger partial charge in [0.1, 0.15) is 0 Å². The minimum absolute atomic E-state index is 0.0463. The van der Waals surface area contributed by atoms with E-state index in [4.69, 9.17) is 5.73 Å². The molecule has 5 heteroatoms. The molecular weight excluding hydrogens is 154 g/mol. The van der Waals surface area contributed by atoms with Gasteiger partial charge < -0.3 is 10.5 Å². The maximum atomic E-state index is 11.6. The second-order valence-electron chi connectivity index (χ2n) is 1.79. The first-order valence-corrected chi connectivity index (χ1v) is 2.84. The highest BCUT2D eigenvalue weighted by Crippen LogP contribution is 2.20. The zero-order chi connectivity index (χ0) is 8.27. The van der Waals surface area contributed by atoms with Crippen molar-refractivity contribution >= 4 is 5.69 Å². The Morgan fingerprint density at radius 1 is 1.55 bits per heavy atom. The number of alkyl halides is 2. The third kappa shape index (κ3) is 2.03. The second kappa shape index (κ2) is 3.14. The lowest BCUT2D eigenvalue weighted by Gasteiger charge is -2.05. The molecule has 0 bridgehead atoms. The van der Waals surface area contributed by atoms with Crippen LogP contribution in [0.3, 0.4) is 0 Å². The molecule has 0 saturated carbocycles. The lowest BCUT2D eigenvalue weighted by Crippen LogP contribution is -2.04. The molecule has 1 aromatic rings. The number of nitrogens with two attached hydrogens (primary N) is 1. The summed E-state index contributed by atoms with van der Waals surface area (Å²) in [6.45, 7) is -2.85. The molecule has 1 aromatic heterocycles. The summed E-state index contributed by atoms with van der Waals surface area (Å²) in [5.74, 6) is -0.0463. The Kier molecular flexibility index (Phi) is 2.20. The lowest BCUT2D eigenvalue weighted by atomic mass is 10.4. The molecule has 0 aliphatic heterocycles. The van der Waals surface area contributed by atoms with Gasteiger partial charge >= 0.3 is 6.61 Å². The number of pyridine rings is 1. The van der Waals surface area contributed by atoms with E-state index in [9.17, 15) is 8.78 Å². The summed E-state index contributed by atoms with van der Waals surface area (Å²) < 4.78 is 27.3. The highest BCUT2D eigenvalue weighted by molar-refractivity contribution is 5.49. The average molecular weight is 160 g/mol. The van der Waals surface area contributed by atoms with Crippen LogP contribution in [0.2, 0.25) is 0 Å². The molecule has 0 saturated heterocycles. The van der Waals surface area contributed by atoms with Crippen molar-refractivity contribution in [1.29, 1.82) is 0 Å². The molecule has 0 aromatic carbocycles. The van der Waals surface area contributed by atoms with Gasteiger partial charge in [0.2, 0.25) is 0 Å². The van der Waals surface area contributed by atoms with Gasteiger partial charge in [-0.15, -0.1) is 0 Å². The molecule has 2 N–H and O–H groups in total. The normalized spacial score (nSPS) is 10.1. The van der Waals surface area contributed by atoms with Crippen molar-refractivity contribution in [2.75, 3.05) is 5.73 Å². The van der Waals surface area contributed by atoms with Crippen LogP contribution in [0.5, 0.6) is 5.75 Å². The Balaban J connectivity index is 2.78. The molecule has 0 aliphatic carbocycles. The summed E-state index contributed by atoms with van der Waals surface area (Å²) in [4.78, 5) is 3.60. The van der Waals surface area contributed by atoms with Crippen molar-refractivity contribution in [2.24, 2.45) is 0 Å². The van der Waals surface area contributed by atoms with Crippen LogP contribution in [0.25, 0.3) is 0 Å². The topological polar surface area (TPSA) is 48.1 Å². The number of hydrogen-bond acceptors (Lipinski definition) is 3. The molecule has 0 radical (unpaired) electrons. The average Bonchev–Trinajstić information content (AvgIpc) is 1.93. The number of hydrogen-bond donors (Lipinski definition) is 1. The smallest absolute Gasteiger partial charge is 0.387 e. The first-order chi connectivity index (χ1) is 5.20. The quantitative estimate of drug-likeness (QED) is 0.708. The van der Waals surface area contributed by atoms with Gasteiger partial charge in [0.15, 0.2) is 5.75 Å². The zero-order valence-corrected chi connectivity index (χ0v) is 5.50. The minimum atomic E-state index is -2.85. The molecule has 1 rings (SSSR count). The molecule has 1 heterocycles. The van der Waals surface area contributed by atoms with E-state index >= 15 is 0 Å². The highest BCUT2D eigenvalue weighted by Gasteiger charge is 2.05. The van der Waals surface area contributed by atoms with Crippen molar-refractivity contribution in [3.63, 3.8) is 0 Å². The predicted molar refractivity (Wildman–Crippen MR) is 35.3 cm³/mol. The van der Waals surface area contributed by atoms with Crippen LogP contribution < -0.4 is 10.5 Å². The first kappa shape index (κ1) is 7.71. The number of aromatic nitrogens is 1. The number of halogens is 2. The molecule has 0 unspecified atom stereocenters. The van der Waals surface area contributed by atoms with Crippen molar-refractivity contribution in [3.05, 3.63) is 18.5 Å². The number of nitrogens with zero attached hydrogens (tertiary/aromatic N) is 1. The van der Waals surface area contributed by atoms with Gasteiger partial charge in [-0.25, -0.2) is 0 Å². The van der Waals surface area contributed by atoms with E-state index in [1.54, 1.807) is 0 Å². The largest absolute Gasteiger partial charge is 0.433 e. The van der Waals surface area contributed by atoms with E-state index in [0.29, 0.717) is 0 Å². The maximum Gasteiger partial charge on any atom is 0.387 e. The lowest BCUT2D eigenvalue weighted by molar-refractivity contribution is -0.0493. The number of rotatable bonds is 2. The summed E-state index contributed by atoms with van der Waals surface area (Å²) in [5.41, 5.74) is 5.35. The van der Waals surface area contributed by atoms with E-state index in [1.807, 2.05) is 0 Å². The fourth-order valence-corrected chi connectivity index (χ4v) is 0.597. The van der Waals surface area contributed by atoms with Crippen LogP contribution in [-0.2, 0) is 0 Å². The number of anilines is 1. The monoisotopic (exact) mass is 160 g/mol. The zero-order valence-electron chi connectivity index (χ0n) is 5.50. The third-order valence-corrected chi connectivity index (χ3v) is 1.03. The van der Waals surface area contributed by atoms with Crippen LogP contribution in [0.15, 0.2) is 18.5 Å². The summed E-state index contributed by atoms with van der Waals surface area (Å²) in [5, 5.41) is 0. The third-order valence-electron chi connectivity index (χ3n) is 1.03. The molecule has 3 nitrogen and oxygen atoms in total. The summed E-state index contributed by atoms with van der Waals surface area (Å²) in [6.07, 6.45) is 2.58. The van der Waals surface area contributed by atoms with Crippen LogP contribution in [0.1, 0.15) is 0 Å². The second-order valence-corrected chi connectivity index (χ2v) is 1.79. The molecule has 0 atom stereocenters. The summed E-state index contributed by atoms with van der Waals surface area (Å²) in [7, 11) is 0. The highest BCUT2D eigenvalue weighted by atomic mass is 19.3. The van der Waals surface area contributed by atoms with E-state index in [1.165, 1.54) is 18.5 Å². The molecule has 11 heavy (non-hydrogen) atoms. The van der Waals surface area contributed by atoms with E-state index < -0.39 is 6.61 Å². The van der Waals surface area contributed by atoms with Gasteiger partial charge in [-0.1, -0.05) is 0 Å². The molecule has 60 valence electrons. The first-order valence-electron chi connectivity index (χ1n) is 2.84. The number of nitrogen functional groups attached to an aromatic ring is 1. The predicted octanol–water partition coefficient (Wildman–Crippen LogP) is 1.27. The molecular formula is C6H6F2N2O. The van der Waals surface area contributed by atoms with E-state index in [-0.39, 0.29) is 11.4 Å². The Bertz CT molecular complexity index is 242. The van der Waals surface area contributed by atoms with Gasteiger partial charge in [-0.3, -0.25) is 4.98 Å². The van der Waals surface area contributed by atoms with Crippen molar-refractivity contribution < 1.29 is 13.5 Å². The van der Waals surface area contributed by atoms with E-state index in [2.05, 4.69) is 9.72 Å². The Morgan fingerprint density at radius 2 is 2.27 bits per heavy atom. The van der Waals surface area contributed by atoms with Crippen molar-refractivity contribution in [3.8, 4) is 5.75 Å². The maximum absolute atomic E-state index is 11.6. The summed E-state index contributed by atoms with van der Waals surface area (Å²) in [6, 6.07) is 1.28.